The fourth-order valence-electron chi connectivity index (χ4n) is 4.65. The summed E-state index contributed by atoms with van der Waals surface area (Å²) in [5, 5.41) is 3.54. The average molecular weight is 336 g/mol. The molecule has 0 aromatic rings. The molecule has 3 rings (SSSR count). The van der Waals surface area contributed by atoms with Crippen molar-refractivity contribution in [3.8, 4) is 0 Å². The van der Waals surface area contributed by atoms with E-state index in [2.05, 4.69) is 33.9 Å². The van der Waals surface area contributed by atoms with Gasteiger partial charge in [0.05, 0.1) is 6.54 Å². The van der Waals surface area contributed by atoms with E-state index in [1.165, 1.54) is 58.2 Å². The van der Waals surface area contributed by atoms with Gasteiger partial charge in [0.15, 0.2) is 5.96 Å². The van der Waals surface area contributed by atoms with Gasteiger partial charge >= 0.3 is 0 Å². The molecule has 2 unspecified atom stereocenters. The van der Waals surface area contributed by atoms with Crippen molar-refractivity contribution in [2.75, 3.05) is 52.4 Å². The van der Waals surface area contributed by atoms with E-state index in [4.69, 9.17) is 4.99 Å². The van der Waals surface area contributed by atoms with Crippen LogP contribution in [0.25, 0.3) is 0 Å². The van der Waals surface area contributed by atoms with Crippen LogP contribution in [-0.2, 0) is 0 Å². The second-order valence-corrected chi connectivity index (χ2v) is 7.60. The third kappa shape index (κ3) is 4.42. The highest BCUT2D eigenvalue weighted by molar-refractivity contribution is 5.80. The van der Waals surface area contributed by atoms with E-state index in [-0.39, 0.29) is 0 Å². The van der Waals surface area contributed by atoms with Gasteiger partial charge in [-0.05, 0) is 65.2 Å². The first kappa shape index (κ1) is 18.0. The Hall–Kier alpha value is -0.810. The predicted octanol–water partition coefficient (Wildman–Crippen LogP) is 2.00. The van der Waals surface area contributed by atoms with E-state index < -0.39 is 0 Å². The molecule has 0 aromatic heterocycles. The second kappa shape index (κ2) is 9.04. The number of hydrogen-bond acceptors (Lipinski definition) is 3. The molecule has 3 heterocycles. The number of likely N-dealkylation sites (N-methyl/N-ethyl adjacent to an activating group) is 1. The number of rotatable bonds is 5. The van der Waals surface area contributed by atoms with Crippen LogP contribution in [0.5, 0.6) is 0 Å². The van der Waals surface area contributed by atoms with Crippen molar-refractivity contribution in [1.82, 2.24) is 20.0 Å². The highest BCUT2D eigenvalue weighted by Gasteiger charge is 2.30. The summed E-state index contributed by atoms with van der Waals surface area (Å²) in [6, 6.07) is 1.40. The molecule has 3 saturated heterocycles. The van der Waals surface area contributed by atoms with Crippen molar-refractivity contribution >= 4 is 5.96 Å². The molecular weight excluding hydrogens is 298 g/mol. The van der Waals surface area contributed by atoms with Gasteiger partial charge in [0, 0.05) is 31.7 Å². The lowest BCUT2D eigenvalue weighted by Crippen LogP contribution is -2.45. The van der Waals surface area contributed by atoms with Gasteiger partial charge in [-0.25, -0.2) is 0 Å². The fraction of sp³-hybridized carbons (Fsp3) is 0.947. The summed E-state index contributed by atoms with van der Waals surface area (Å²) in [6.45, 7) is 13.7. The average Bonchev–Trinajstić information content (AvgIpc) is 3.28. The van der Waals surface area contributed by atoms with Crippen molar-refractivity contribution in [2.45, 2.75) is 64.5 Å². The molecule has 1 N–H and O–H groups in total. The maximum Gasteiger partial charge on any atom is 0.194 e. The molecule has 2 atom stereocenters. The number of guanidine groups is 1. The Morgan fingerprint density at radius 1 is 1.00 bits per heavy atom. The molecule has 3 aliphatic heterocycles. The van der Waals surface area contributed by atoms with Crippen molar-refractivity contribution < 1.29 is 0 Å². The lowest BCUT2D eigenvalue weighted by Gasteiger charge is -2.32. The van der Waals surface area contributed by atoms with Crippen LogP contribution in [0.3, 0.4) is 0 Å². The number of likely N-dealkylation sites (tertiary alicyclic amines) is 3. The zero-order chi connectivity index (χ0) is 16.8. The summed E-state index contributed by atoms with van der Waals surface area (Å²) in [5.41, 5.74) is 0. The first-order valence-corrected chi connectivity index (χ1v) is 10.3. The standard InChI is InChI=1S/C19H37N5/c1-3-20-19(21-15-17-9-8-13-22(17)4-2)24-14-10-18(16-24)23-11-6-5-7-12-23/h17-18H,3-16H2,1-2H3,(H,20,21). The summed E-state index contributed by atoms with van der Waals surface area (Å²) in [5.74, 6) is 1.15. The van der Waals surface area contributed by atoms with Crippen LogP contribution in [0.2, 0.25) is 0 Å². The van der Waals surface area contributed by atoms with E-state index in [0.717, 1.165) is 44.7 Å². The van der Waals surface area contributed by atoms with Gasteiger partial charge in [0.1, 0.15) is 0 Å². The number of piperidine rings is 1. The molecule has 5 heteroatoms. The molecule has 0 aromatic carbocycles. The highest BCUT2D eigenvalue weighted by atomic mass is 15.3. The summed E-state index contributed by atoms with van der Waals surface area (Å²) in [7, 11) is 0. The van der Waals surface area contributed by atoms with E-state index in [0.29, 0.717) is 6.04 Å². The summed E-state index contributed by atoms with van der Waals surface area (Å²) < 4.78 is 0. The molecule has 0 radical (unpaired) electrons. The number of nitrogens with one attached hydrogen (secondary N) is 1. The van der Waals surface area contributed by atoms with Crippen molar-refractivity contribution in [3.63, 3.8) is 0 Å². The Morgan fingerprint density at radius 2 is 1.83 bits per heavy atom. The van der Waals surface area contributed by atoms with Crippen LogP contribution in [-0.4, -0.2) is 85.1 Å². The molecule has 0 bridgehead atoms. The summed E-state index contributed by atoms with van der Waals surface area (Å²) in [4.78, 5) is 12.9. The molecule has 0 aliphatic carbocycles. The van der Waals surface area contributed by atoms with Crippen LogP contribution >= 0.6 is 0 Å². The summed E-state index contributed by atoms with van der Waals surface area (Å²) >= 11 is 0. The zero-order valence-corrected chi connectivity index (χ0v) is 15.8. The van der Waals surface area contributed by atoms with E-state index in [1.54, 1.807) is 0 Å². The Balaban J connectivity index is 1.55. The predicted molar refractivity (Wildman–Crippen MR) is 102 cm³/mol. The van der Waals surface area contributed by atoms with Crippen molar-refractivity contribution in [1.29, 1.82) is 0 Å². The van der Waals surface area contributed by atoms with Gasteiger partial charge in [0.2, 0.25) is 0 Å². The number of hydrogen-bond donors (Lipinski definition) is 1. The van der Waals surface area contributed by atoms with Gasteiger partial charge in [-0.15, -0.1) is 0 Å². The third-order valence-corrected chi connectivity index (χ3v) is 6.06. The molecule has 3 fully saturated rings. The van der Waals surface area contributed by atoms with Crippen LogP contribution < -0.4 is 5.32 Å². The lowest BCUT2D eigenvalue weighted by atomic mass is 10.1. The molecule has 0 amide bonds. The normalized spacial score (nSPS) is 30.2. The van der Waals surface area contributed by atoms with Gasteiger partial charge in [-0.3, -0.25) is 14.8 Å². The fourth-order valence-corrected chi connectivity index (χ4v) is 4.65. The Labute approximate surface area is 148 Å². The monoisotopic (exact) mass is 335 g/mol. The van der Waals surface area contributed by atoms with Gasteiger partial charge in [-0.2, -0.15) is 0 Å². The zero-order valence-electron chi connectivity index (χ0n) is 15.8. The van der Waals surface area contributed by atoms with Crippen LogP contribution in [0.4, 0.5) is 0 Å². The number of nitrogens with zero attached hydrogens (tertiary/aromatic N) is 4. The molecular formula is C19H37N5. The smallest absolute Gasteiger partial charge is 0.194 e. The topological polar surface area (TPSA) is 34.1 Å². The van der Waals surface area contributed by atoms with Crippen molar-refractivity contribution in [2.24, 2.45) is 4.99 Å². The van der Waals surface area contributed by atoms with Gasteiger partial charge in [0.25, 0.3) is 0 Å². The minimum Gasteiger partial charge on any atom is -0.357 e. The van der Waals surface area contributed by atoms with E-state index in [1.807, 2.05) is 0 Å². The number of aliphatic imine (C=N–C) groups is 1. The summed E-state index contributed by atoms with van der Waals surface area (Å²) in [6.07, 6.45) is 8.15. The van der Waals surface area contributed by atoms with Crippen LogP contribution in [0, 0.1) is 0 Å². The lowest BCUT2D eigenvalue weighted by molar-refractivity contribution is 0.168. The minimum atomic E-state index is 0.657. The molecule has 0 saturated carbocycles. The molecule has 0 spiro atoms. The van der Waals surface area contributed by atoms with Crippen LogP contribution in [0.1, 0.15) is 52.4 Å². The largest absolute Gasteiger partial charge is 0.357 e. The Kier molecular flexibility index (Phi) is 6.78. The highest BCUT2D eigenvalue weighted by Crippen LogP contribution is 2.21. The first-order valence-electron chi connectivity index (χ1n) is 10.3. The third-order valence-electron chi connectivity index (χ3n) is 6.06. The Morgan fingerprint density at radius 3 is 2.58 bits per heavy atom. The SMILES string of the molecule is CCNC(=NCC1CCCN1CC)N1CCC(N2CCCCC2)C1. The first-order chi connectivity index (χ1) is 11.8. The maximum atomic E-state index is 5.03. The minimum absolute atomic E-state index is 0.657. The van der Waals surface area contributed by atoms with Crippen molar-refractivity contribution in [3.05, 3.63) is 0 Å². The van der Waals surface area contributed by atoms with Gasteiger partial charge in [-0.1, -0.05) is 13.3 Å². The Bertz CT molecular complexity index is 405. The van der Waals surface area contributed by atoms with E-state index >= 15 is 0 Å². The molecule has 24 heavy (non-hydrogen) atoms. The maximum absolute atomic E-state index is 5.03. The van der Waals surface area contributed by atoms with Crippen LogP contribution in [0.15, 0.2) is 4.99 Å². The second-order valence-electron chi connectivity index (χ2n) is 7.60. The molecule has 5 nitrogen and oxygen atoms in total. The van der Waals surface area contributed by atoms with E-state index in [9.17, 15) is 0 Å². The molecule has 3 aliphatic rings. The molecule has 138 valence electrons. The van der Waals surface area contributed by atoms with Gasteiger partial charge < -0.3 is 10.2 Å². The quantitative estimate of drug-likeness (QED) is 0.615.